The zero-order chi connectivity index (χ0) is 21.5. The minimum atomic E-state index is -3.54. The van der Waals surface area contributed by atoms with Crippen molar-refractivity contribution in [3.63, 3.8) is 0 Å². The molecule has 4 rings (SSSR count). The Morgan fingerprint density at radius 1 is 1.26 bits per heavy atom. The van der Waals surface area contributed by atoms with E-state index in [1.54, 1.807) is 0 Å². The van der Waals surface area contributed by atoms with Gasteiger partial charge in [-0.3, -0.25) is 4.90 Å². The molecule has 0 spiro atoms. The lowest BCUT2D eigenvalue weighted by molar-refractivity contribution is 0.257. The Morgan fingerprint density at radius 2 is 1.96 bits per heavy atom. The van der Waals surface area contributed by atoms with E-state index in [1.807, 2.05) is 0 Å². The number of aryl methyl sites for hydroxylation is 2. The summed E-state index contributed by atoms with van der Waals surface area (Å²) < 4.78 is 45.6. The summed E-state index contributed by atoms with van der Waals surface area (Å²) in [6.07, 6.45) is 8.82. The quantitative estimate of drug-likeness (QED) is 0.736. The van der Waals surface area contributed by atoms with E-state index in [-0.39, 0.29) is 0 Å². The van der Waals surface area contributed by atoms with E-state index in [1.165, 1.54) is 22.1 Å². The molecule has 3 aliphatic rings. The molecule has 27 heavy (non-hydrogen) atoms. The van der Waals surface area contributed by atoms with Crippen LogP contribution in [0.15, 0.2) is 17.6 Å². The highest BCUT2D eigenvalue weighted by atomic mass is 32.2. The number of benzene rings is 1. The van der Waals surface area contributed by atoms with Crippen molar-refractivity contribution >= 4 is 21.6 Å². The topological polar surface area (TPSA) is 85.3 Å². The van der Waals surface area contributed by atoms with Crippen molar-refractivity contribution in [1.29, 1.82) is 4.78 Å². The maximum atomic E-state index is 12.6. The van der Waals surface area contributed by atoms with Gasteiger partial charge in [0.05, 0.1) is 0 Å². The zero-order valence-corrected chi connectivity index (χ0v) is 16.2. The summed E-state index contributed by atoms with van der Waals surface area (Å²) in [5.41, 5.74) is 5.72. The fraction of sp³-hybridized carbons (Fsp3) is 0.550. The third kappa shape index (κ3) is 3.89. The number of nitrogens with one attached hydrogen (secondary N) is 3. The molecule has 1 heterocycles. The van der Waals surface area contributed by atoms with Gasteiger partial charge in [-0.25, -0.2) is 18.5 Å². The van der Waals surface area contributed by atoms with Gasteiger partial charge >= 0.3 is 6.03 Å². The highest BCUT2D eigenvalue weighted by Crippen LogP contribution is 2.38. The second-order valence-corrected chi connectivity index (χ2v) is 9.30. The van der Waals surface area contributed by atoms with Crippen LogP contribution in [0.25, 0.3) is 0 Å². The lowest BCUT2D eigenvalue weighted by Gasteiger charge is -2.17. The second-order valence-electron chi connectivity index (χ2n) is 7.62. The molecule has 0 aromatic heterocycles. The lowest BCUT2D eigenvalue weighted by Crippen LogP contribution is -2.33. The first-order chi connectivity index (χ1) is 14.1. The number of urea groups is 1. The summed E-state index contributed by atoms with van der Waals surface area (Å²) in [4.78, 5) is 13.9. The number of carbonyl (C=O) groups excluding carboxylic acids is 1. The molecule has 1 fully saturated rings. The van der Waals surface area contributed by atoms with E-state index >= 15 is 0 Å². The van der Waals surface area contributed by atoms with Crippen LogP contribution in [0.4, 0.5) is 10.5 Å². The van der Waals surface area contributed by atoms with Crippen molar-refractivity contribution in [2.24, 2.45) is 0 Å². The molecule has 2 aliphatic carbocycles. The SMILES string of the molecule is [2H]C([2H])([2H])N1CCC[C@@H]1/C=C/S(=N)(=O)NC(=O)Nc1c2c(cc3c1CCC3)CCC2. The van der Waals surface area contributed by atoms with Gasteiger partial charge in [-0.1, -0.05) is 12.1 Å². The van der Waals surface area contributed by atoms with Crippen LogP contribution in [0.2, 0.25) is 0 Å². The van der Waals surface area contributed by atoms with E-state index in [9.17, 15) is 9.00 Å². The maximum absolute atomic E-state index is 12.6. The van der Waals surface area contributed by atoms with E-state index in [2.05, 4.69) is 16.1 Å². The maximum Gasteiger partial charge on any atom is 0.331 e. The van der Waals surface area contributed by atoms with Crippen LogP contribution in [0.5, 0.6) is 0 Å². The molecule has 1 aliphatic heterocycles. The minimum absolute atomic E-state index is 0.408. The Morgan fingerprint density at radius 3 is 2.63 bits per heavy atom. The number of rotatable bonds is 4. The smallest absolute Gasteiger partial charge is 0.307 e. The third-order valence-electron chi connectivity index (χ3n) is 5.75. The number of amides is 2. The molecule has 6 nitrogen and oxygen atoms in total. The van der Waals surface area contributed by atoms with Gasteiger partial charge in [0.15, 0.2) is 9.92 Å². The normalized spacial score (nSPS) is 26.1. The number of hydrogen-bond donors (Lipinski definition) is 3. The molecule has 0 radical (unpaired) electrons. The molecule has 7 heteroatoms. The summed E-state index contributed by atoms with van der Waals surface area (Å²) >= 11 is 0. The summed E-state index contributed by atoms with van der Waals surface area (Å²) in [5, 5.41) is 4.00. The Labute approximate surface area is 165 Å². The number of carbonyl (C=O) groups is 1. The number of nitrogens with zero attached hydrogens (tertiary/aromatic N) is 1. The standard InChI is InChI=1S/C20H28N4O2S/c1-24-11-4-7-16(24)10-12-27(21,26)23-20(25)22-19-17-8-2-5-14(17)13-15-6-3-9-18(15)19/h10,12-13,16H,2-9,11H2,1H3,(H3,21,22,23,25,26)/b12-10+/t16-,27?/m1/s1/i1D3. The molecule has 1 aromatic rings. The van der Waals surface area contributed by atoms with Crippen LogP contribution in [-0.2, 0) is 35.6 Å². The molecular weight excluding hydrogens is 360 g/mol. The van der Waals surface area contributed by atoms with E-state index in [4.69, 9.17) is 8.89 Å². The van der Waals surface area contributed by atoms with E-state index in [0.717, 1.165) is 67.2 Å². The molecule has 1 saturated heterocycles. The van der Waals surface area contributed by atoms with Crippen molar-refractivity contribution in [3.8, 4) is 0 Å². The van der Waals surface area contributed by atoms with Gasteiger partial charge in [-0.2, -0.15) is 0 Å². The van der Waals surface area contributed by atoms with Gasteiger partial charge in [0, 0.05) is 21.2 Å². The molecular formula is C20H28N4O2S. The Balaban J connectivity index is 1.46. The van der Waals surface area contributed by atoms with Gasteiger partial charge < -0.3 is 5.32 Å². The molecule has 1 aromatic carbocycles. The Kier molecular flexibility index (Phi) is 4.07. The first-order valence-corrected chi connectivity index (χ1v) is 11.3. The highest BCUT2D eigenvalue weighted by Gasteiger charge is 2.25. The molecule has 0 saturated carbocycles. The molecule has 2 atom stereocenters. The Hall–Kier alpha value is -1.86. The van der Waals surface area contributed by atoms with E-state index < -0.39 is 29.0 Å². The summed E-state index contributed by atoms with van der Waals surface area (Å²) in [6, 6.07) is 1.20. The fourth-order valence-electron chi connectivity index (χ4n) is 4.47. The third-order valence-corrected chi connectivity index (χ3v) is 6.78. The highest BCUT2D eigenvalue weighted by molar-refractivity contribution is 7.93. The zero-order valence-electron chi connectivity index (χ0n) is 18.3. The monoisotopic (exact) mass is 391 g/mol. The number of likely N-dealkylation sites (tertiary alicyclic amines) is 1. The number of hydrogen-bond acceptors (Lipinski definition) is 4. The largest absolute Gasteiger partial charge is 0.331 e. The van der Waals surface area contributed by atoms with Crippen LogP contribution in [0.1, 0.15) is 52.0 Å². The van der Waals surface area contributed by atoms with E-state index in [0.29, 0.717) is 13.0 Å². The first-order valence-electron chi connectivity index (χ1n) is 11.1. The van der Waals surface area contributed by atoms with Crippen LogP contribution < -0.4 is 10.0 Å². The van der Waals surface area contributed by atoms with Gasteiger partial charge in [0.1, 0.15) is 0 Å². The Bertz CT molecular complexity index is 956. The van der Waals surface area contributed by atoms with Crippen molar-refractivity contribution in [2.45, 2.75) is 57.4 Å². The second kappa shape index (κ2) is 7.28. The first kappa shape index (κ1) is 15.1. The molecule has 146 valence electrons. The van der Waals surface area contributed by atoms with Gasteiger partial charge in [-0.15, -0.1) is 0 Å². The van der Waals surface area contributed by atoms with Crippen molar-refractivity contribution in [2.75, 3.05) is 18.8 Å². The van der Waals surface area contributed by atoms with Crippen LogP contribution in [0.3, 0.4) is 0 Å². The predicted octanol–water partition coefficient (Wildman–Crippen LogP) is 3.36. The van der Waals surface area contributed by atoms with Gasteiger partial charge in [0.25, 0.3) is 0 Å². The van der Waals surface area contributed by atoms with Crippen LogP contribution >= 0.6 is 0 Å². The minimum Gasteiger partial charge on any atom is -0.307 e. The van der Waals surface area contributed by atoms with Crippen molar-refractivity contribution < 1.29 is 13.1 Å². The van der Waals surface area contributed by atoms with Gasteiger partial charge in [0.2, 0.25) is 0 Å². The summed E-state index contributed by atoms with van der Waals surface area (Å²) in [7, 11) is -3.54. The lowest BCUT2D eigenvalue weighted by atomic mass is 9.99. The van der Waals surface area contributed by atoms with Crippen LogP contribution in [-0.4, -0.2) is 34.7 Å². The van der Waals surface area contributed by atoms with Crippen LogP contribution in [0, 0.1) is 4.78 Å². The summed E-state index contributed by atoms with van der Waals surface area (Å²) in [5.74, 6) is 0. The molecule has 3 N–H and O–H groups in total. The molecule has 2 amide bonds. The molecule has 1 unspecified atom stereocenters. The number of anilines is 1. The fourth-order valence-corrected chi connectivity index (χ4v) is 5.27. The average molecular weight is 392 g/mol. The predicted molar refractivity (Wildman–Crippen MR) is 108 cm³/mol. The van der Waals surface area contributed by atoms with Crippen molar-refractivity contribution in [1.82, 2.24) is 9.62 Å². The number of likely N-dealkylation sites (N-methyl/N-ethyl adjacent to an activating group) is 1. The number of fused-ring (bicyclic) bond motifs is 2. The van der Waals surface area contributed by atoms with Gasteiger partial charge in [-0.05, 0) is 87.1 Å². The average Bonchev–Trinajstić information content (AvgIpc) is 3.38. The molecule has 0 bridgehead atoms. The summed E-state index contributed by atoms with van der Waals surface area (Å²) in [6.45, 7) is -1.80. The van der Waals surface area contributed by atoms with Crippen molar-refractivity contribution in [3.05, 3.63) is 39.8 Å².